The van der Waals surface area contributed by atoms with E-state index in [1.54, 1.807) is 60.7 Å². The number of ether oxygens (including phenoxy) is 1. The number of rotatable bonds is 13. The highest BCUT2D eigenvalue weighted by atomic mass is 32.2. The summed E-state index contributed by atoms with van der Waals surface area (Å²) in [4.78, 5) is 21.2. The lowest BCUT2D eigenvalue weighted by Gasteiger charge is -2.39. The number of nitrogens with one attached hydrogen (secondary N) is 1. The molecule has 1 saturated heterocycles. The number of amides is 1. The highest BCUT2D eigenvalue weighted by molar-refractivity contribution is 7.86. The number of piperidine rings is 1. The Hall–Kier alpha value is -3.00. The van der Waals surface area contributed by atoms with Gasteiger partial charge >= 0.3 is 6.09 Å². The molecule has 0 radical (unpaired) electrons. The molecule has 1 aliphatic carbocycles. The normalized spacial score (nSPS) is 21.7. The summed E-state index contributed by atoms with van der Waals surface area (Å²) in [5.41, 5.74) is 4.98. The Morgan fingerprint density at radius 3 is 2.33 bits per heavy atom. The van der Waals surface area contributed by atoms with Crippen LogP contribution in [-0.2, 0) is 26.5 Å². The highest BCUT2D eigenvalue weighted by Gasteiger charge is 2.42. The van der Waals surface area contributed by atoms with Gasteiger partial charge in [0.15, 0.2) is 0 Å². The molecule has 11 nitrogen and oxygen atoms in total. The molecule has 1 heterocycles. The van der Waals surface area contributed by atoms with E-state index >= 15 is 0 Å². The topological polar surface area (TPSA) is 115 Å². The van der Waals surface area contributed by atoms with Crippen molar-refractivity contribution < 1.29 is 28.2 Å². The lowest BCUT2D eigenvalue weighted by Crippen LogP contribution is -2.48. The Bertz CT molecular complexity index is 1290. The van der Waals surface area contributed by atoms with Gasteiger partial charge in [0.05, 0.1) is 5.69 Å². The average Bonchev–Trinajstić information content (AvgIpc) is 3.43. The lowest BCUT2D eigenvalue weighted by molar-refractivity contribution is -0.215. The predicted octanol–water partition coefficient (Wildman–Crippen LogP) is 4.39. The third-order valence-corrected chi connectivity index (χ3v) is 10.7. The maximum atomic E-state index is 13.1. The van der Waals surface area contributed by atoms with E-state index < -0.39 is 10.2 Å². The van der Waals surface area contributed by atoms with Gasteiger partial charge in [-0.2, -0.15) is 17.0 Å². The van der Waals surface area contributed by atoms with Crippen molar-refractivity contribution in [2.24, 2.45) is 5.92 Å². The number of hydrogen-bond acceptors (Lipinski definition) is 8. The number of anilines is 1. The first-order chi connectivity index (χ1) is 20.6. The number of carbonyl (C=O) groups excluding carboxylic acids is 1. The van der Waals surface area contributed by atoms with Crippen LogP contribution in [0.1, 0.15) is 42.7 Å². The molecule has 1 saturated carbocycles. The number of benzene rings is 2. The summed E-state index contributed by atoms with van der Waals surface area (Å²) >= 11 is 0. The molecule has 12 heteroatoms. The van der Waals surface area contributed by atoms with Crippen LogP contribution in [0.5, 0.6) is 0 Å². The standard InChI is InChI=1S/C31H45N5O6S/c1-5-17-36(31(37)41-23-24-11-13-27(14-12-24)32-42-38)28-15-18-35(19-16-28)22-26-20-29(34(4)43(39,40)33(2)3)21-30(26)25-9-7-6-8-10-25/h5-14,26,28-30,32,38H,1,15-23H2,2-4H3/t26-,29?,30-/m1/s1. The smallest absolute Gasteiger partial charge is 0.410 e. The minimum atomic E-state index is -3.50. The second-order valence-electron chi connectivity index (χ2n) is 11.6. The van der Waals surface area contributed by atoms with E-state index in [2.05, 4.69) is 46.2 Å². The van der Waals surface area contributed by atoms with Crippen LogP contribution in [0.2, 0.25) is 0 Å². The Kier molecular flexibility index (Phi) is 11.6. The molecular weight excluding hydrogens is 570 g/mol. The fourth-order valence-corrected chi connectivity index (χ4v) is 7.42. The fourth-order valence-electron chi connectivity index (χ4n) is 6.36. The number of nitrogens with zero attached hydrogens (tertiary/aromatic N) is 4. The summed E-state index contributed by atoms with van der Waals surface area (Å²) < 4.78 is 34.3. The first kappa shape index (κ1) is 32.9. The van der Waals surface area contributed by atoms with E-state index in [0.717, 1.165) is 50.9 Å². The van der Waals surface area contributed by atoms with Gasteiger partial charge in [0, 0.05) is 59.4 Å². The first-order valence-electron chi connectivity index (χ1n) is 14.8. The molecule has 1 unspecified atom stereocenters. The van der Waals surface area contributed by atoms with Crippen LogP contribution >= 0.6 is 0 Å². The summed E-state index contributed by atoms with van der Waals surface area (Å²) in [6, 6.07) is 17.4. The summed E-state index contributed by atoms with van der Waals surface area (Å²) in [6.07, 6.45) is 4.61. The maximum absolute atomic E-state index is 13.1. The number of hydrogen-bond donors (Lipinski definition) is 2. The van der Waals surface area contributed by atoms with Crippen LogP contribution in [0.25, 0.3) is 0 Å². The Balaban J connectivity index is 1.35. The summed E-state index contributed by atoms with van der Waals surface area (Å²) in [5, 5.41) is 8.50. The van der Waals surface area contributed by atoms with Crippen molar-refractivity contribution >= 4 is 22.0 Å². The van der Waals surface area contributed by atoms with Crippen LogP contribution in [-0.4, -0.2) is 97.6 Å². The van der Waals surface area contributed by atoms with Gasteiger partial charge < -0.3 is 14.5 Å². The quantitative estimate of drug-likeness (QED) is 0.194. The molecule has 0 spiro atoms. The van der Waals surface area contributed by atoms with Gasteiger partial charge in [0.2, 0.25) is 0 Å². The van der Waals surface area contributed by atoms with E-state index in [9.17, 15) is 13.2 Å². The molecule has 236 valence electrons. The van der Waals surface area contributed by atoms with Crippen molar-refractivity contribution in [2.45, 2.75) is 50.3 Å². The Labute approximate surface area is 255 Å². The molecule has 4 rings (SSSR count). The molecule has 1 amide bonds. The van der Waals surface area contributed by atoms with Crippen LogP contribution in [0, 0.1) is 5.92 Å². The largest absolute Gasteiger partial charge is 0.445 e. The van der Waals surface area contributed by atoms with Gasteiger partial charge in [0.1, 0.15) is 6.61 Å². The van der Waals surface area contributed by atoms with Crippen molar-refractivity contribution in [3.63, 3.8) is 0 Å². The average molecular weight is 616 g/mol. The van der Waals surface area contributed by atoms with Gasteiger partial charge in [-0.05, 0) is 60.8 Å². The van der Waals surface area contributed by atoms with Crippen LogP contribution in [0.15, 0.2) is 67.3 Å². The summed E-state index contributed by atoms with van der Waals surface area (Å²) in [7, 11) is 1.35. The molecular formula is C31H45N5O6S. The molecule has 2 N–H and O–H groups in total. The fraction of sp³-hybridized carbons (Fsp3) is 0.516. The second kappa shape index (κ2) is 15.1. The summed E-state index contributed by atoms with van der Waals surface area (Å²) in [6.45, 7) is 6.97. The van der Waals surface area contributed by atoms with Gasteiger partial charge in [-0.15, -0.1) is 11.6 Å². The minimum Gasteiger partial charge on any atom is -0.445 e. The molecule has 2 fully saturated rings. The Morgan fingerprint density at radius 1 is 1.05 bits per heavy atom. The Morgan fingerprint density at radius 2 is 1.72 bits per heavy atom. The van der Waals surface area contributed by atoms with E-state index in [4.69, 9.17) is 9.99 Å². The number of carbonyl (C=O) groups is 1. The van der Waals surface area contributed by atoms with E-state index in [1.807, 2.05) is 6.07 Å². The van der Waals surface area contributed by atoms with E-state index in [0.29, 0.717) is 18.2 Å². The third kappa shape index (κ3) is 8.34. The maximum Gasteiger partial charge on any atom is 0.410 e. The molecule has 2 aromatic carbocycles. The van der Waals surface area contributed by atoms with Crippen molar-refractivity contribution in [3.05, 3.63) is 78.4 Å². The zero-order valence-corrected chi connectivity index (χ0v) is 26.2. The zero-order valence-electron chi connectivity index (χ0n) is 25.3. The first-order valence-corrected chi connectivity index (χ1v) is 16.2. The van der Waals surface area contributed by atoms with Crippen LogP contribution in [0.4, 0.5) is 10.5 Å². The van der Waals surface area contributed by atoms with Gasteiger partial charge in [-0.1, -0.05) is 48.5 Å². The molecule has 2 aromatic rings. The SMILES string of the molecule is C=CCN(C(=O)OCc1ccc(NOO)cc1)C1CCN(C[C@H]2CC(N(C)S(=O)(=O)N(C)C)C[C@@H]2c2ccccc2)CC1. The second-order valence-corrected chi connectivity index (χ2v) is 13.8. The zero-order chi connectivity index (χ0) is 31.0. The lowest BCUT2D eigenvalue weighted by atomic mass is 9.88. The molecule has 3 atom stereocenters. The molecule has 43 heavy (non-hydrogen) atoms. The minimum absolute atomic E-state index is 0.0487. The van der Waals surface area contributed by atoms with E-state index in [-0.39, 0.29) is 30.7 Å². The monoisotopic (exact) mass is 615 g/mol. The van der Waals surface area contributed by atoms with Crippen molar-refractivity contribution in [2.75, 3.05) is 52.8 Å². The van der Waals surface area contributed by atoms with Crippen molar-refractivity contribution in [3.8, 4) is 0 Å². The van der Waals surface area contributed by atoms with Crippen molar-refractivity contribution in [1.82, 2.24) is 18.4 Å². The highest BCUT2D eigenvalue weighted by Crippen LogP contribution is 2.43. The van der Waals surface area contributed by atoms with Crippen LogP contribution in [0.3, 0.4) is 0 Å². The van der Waals surface area contributed by atoms with Gasteiger partial charge in [0.25, 0.3) is 10.2 Å². The molecule has 0 aromatic heterocycles. The molecule has 2 aliphatic rings. The van der Waals surface area contributed by atoms with Gasteiger partial charge in [-0.3, -0.25) is 0 Å². The van der Waals surface area contributed by atoms with E-state index in [1.165, 1.54) is 9.87 Å². The van der Waals surface area contributed by atoms with Crippen molar-refractivity contribution in [1.29, 1.82) is 0 Å². The summed E-state index contributed by atoms with van der Waals surface area (Å²) in [5.74, 6) is 0.598. The molecule has 0 bridgehead atoms. The number of likely N-dealkylation sites (tertiary alicyclic amines) is 1. The molecule has 1 aliphatic heterocycles. The predicted molar refractivity (Wildman–Crippen MR) is 166 cm³/mol. The van der Waals surface area contributed by atoms with Gasteiger partial charge in [-0.25, -0.2) is 15.5 Å². The third-order valence-electron chi connectivity index (χ3n) is 8.77. The van der Waals surface area contributed by atoms with Crippen LogP contribution < -0.4 is 5.48 Å².